The van der Waals surface area contributed by atoms with Gasteiger partial charge in [-0.3, -0.25) is 0 Å². The fourth-order valence-corrected chi connectivity index (χ4v) is 6.26. The third kappa shape index (κ3) is 6.42. The number of nitrogens with two attached hydrogens (primary N) is 1. The Morgan fingerprint density at radius 1 is 0.765 bits per heavy atom. The fraction of sp³-hybridized carbons (Fsp3) is 0.556. The summed E-state index contributed by atoms with van der Waals surface area (Å²) in [7, 11) is 0. The van der Waals surface area contributed by atoms with Crippen LogP contribution in [0.5, 0.6) is 0 Å². The van der Waals surface area contributed by atoms with Crippen molar-refractivity contribution in [2.75, 3.05) is 6.54 Å². The zero-order valence-corrected chi connectivity index (χ0v) is 22.7. The molecule has 2 aliphatic rings. The van der Waals surface area contributed by atoms with E-state index in [4.69, 9.17) is 52.1 Å². The van der Waals surface area contributed by atoms with Crippen molar-refractivity contribution in [3.63, 3.8) is 0 Å². The highest BCUT2D eigenvalue weighted by molar-refractivity contribution is 6.42. The molecule has 0 spiro atoms. The summed E-state index contributed by atoms with van der Waals surface area (Å²) < 4.78 is 0. The van der Waals surface area contributed by atoms with Crippen LogP contribution in [0.3, 0.4) is 0 Å². The lowest BCUT2D eigenvalue weighted by atomic mass is 9.67. The standard InChI is InChI=1S/C14H18Cl2O.C13H17Cl2NO/c1-2-14(7-3-4-11(17)9-14)10-5-6-12(15)13(16)8-10;14-11-4-3-9(6-12(11)15)13(8-16)5-1-2-10(17)7-13/h5-6,8,11,17H,2-4,7,9H2,1H3;3-4,6,10,17H,1-2,5,7-8,16H2/t11-,14-;10-,13-/m10/s1. The summed E-state index contributed by atoms with van der Waals surface area (Å²) in [5.74, 6) is 0. The molecule has 188 valence electrons. The van der Waals surface area contributed by atoms with Crippen molar-refractivity contribution < 1.29 is 10.2 Å². The average Bonchev–Trinajstić information content (AvgIpc) is 2.82. The van der Waals surface area contributed by atoms with Crippen LogP contribution in [0.2, 0.25) is 20.1 Å². The number of hydrogen-bond donors (Lipinski definition) is 3. The van der Waals surface area contributed by atoms with E-state index in [0.29, 0.717) is 33.1 Å². The van der Waals surface area contributed by atoms with Crippen LogP contribution in [0.25, 0.3) is 0 Å². The predicted octanol–water partition coefficient (Wildman–Crippen LogP) is 7.70. The molecule has 0 saturated heterocycles. The molecule has 2 aliphatic carbocycles. The van der Waals surface area contributed by atoms with Gasteiger partial charge in [-0.25, -0.2) is 0 Å². The molecule has 0 heterocycles. The minimum atomic E-state index is -0.262. The van der Waals surface area contributed by atoms with Crippen LogP contribution in [0.4, 0.5) is 0 Å². The number of aliphatic hydroxyl groups excluding tert-OH is 2. The van der Waals surface area contributed by atoms with Gasteiger partial charge in [-0.15, -0.1) is 0 Å². The quantitative estimate of drug-likeness (QED) is 0.368. The Labute approximate surface area is 223 Å². The van der Waals surface area contributed by atoms with Gasteiger partial charge in [0.1, 0.15) is 0 Å². The van der Waals surface area contributed by atoms with Crippen molar-refractivity contribution in [3.05, 3.63) is 67.6 Å². The van der Waals surface area contributed by atoms with Crippen molar-refractivity contribution in [2.24, 2.45) is 5.73 Å². The highest BCUT2D eigenvalue weighted by Crippen LogP contribution is 2.44. The van der Waals surface area contributed by atoms with Crippen LogP contribution >= 0.6 is 46.4 Å². The molecule has 2 saturated carbocycles. The van der Waals surface area contributed by atoms with E-state index in [-0.39, 0.29) is 23.0 Å². The molecule has 2 fully saturated rings. The highest BCUT2D eigenvalue weighted by Gasteiger charge is 2.37. The summed E-state index contributed by atoms with van der Waals surface area (Å²) in [6, 6.07) is 11.5. The van der Waals surface area contributed by atoms with Crippen molar-refractivity contribution in [1.29, 1.82) is 0 Å². The second kappa shape index (κ2) is 12.1. The molecule has 0 aromatic heterocycles. The lowest BCUT2D eigenvalue weighted by Crippen LogP contribution is -2.41. The van der Waals surface area contributed by atoms with Gasteiger partial charge >= 0.3 is 0 Å². The van der Waals surface area contributed by atoms with Gasteiger partial charge in [0.2, 0.25) is 0 Å². The molecule has 4 N–H and O–H groups in total. The summed E-state index contributed by atoms with van der Waals surface area (Å²) in [6.45, 7) is 2.71. The van der Waals surface area contributed by atoms with E-state index in [1.54, 1.807) is 6.07 Å². The van der Waals surface area contributed by atoms with Crippen LogP contribution in [0, 0.1) is 0 Å². The summed E-state index contributed by atoms with van der Waals surface area (Å²) in [5.41, 5.74) is 8.17. The minimum absolute atomic E-state index is 0.0753. The summed E-state index contributed by atoms with van der Waals surface area (Å²) >= 11 is 24.0. The average molecular weight is 547 g/mol. The lowest BCUT2D eigenvalue weighted by molar-refractivity contribution is 0.0825. The van der Waals surface area contributed by atoms with E-state index in [0.717, 1.165) is 56.9 Å². The van der Waals surface area contributed by atoms with Crippen LogP contribution in [0.15, 0.2) is 36.4 Å². The molecule has 4 rings (SSSR count). The van der Waals surface area contributed by atoms with Gasteiger partial charge in [0.25, 0.3) is 0 Å². The molecular weight excluding hydrogens is 512 g/mol. The van der Waals surface area contributed by atoms with E-state index in [2.05, 4.69) is 13.0 Å². The first kappa shape index (κ1) is 28.1. The Hall–Kier alpha value is -0.520. The normalized spacial score (nSPS) is 29.3. The number of hydrogen-bond acceptors (Lipinski definition) is 3. The van der Waals surface area contributed by atoms with Crippen molar-refractivity contribution in [1.82, 2.24) is 0 Å². The second-order valence-electron chi connectivity index (χ2n) is 9.88. The van der Waals surface area contributed by atoms with E-state index in [1.807, 2.05) is 24.3 Å². The Morgan fingerprint density at radius 3 is 1.62 bits per heavy atom. The summed E-state index contributed by atoms with van der Waals surface area (Å²) in [4.78, 5) is 0. The maximum absolute atomic E-state index is 9.90. The predicted molar refractivity (Wildman–Crippen MR) is 145 cm³/mol. The van der Waals surface area contributed by atoms with Crippen LogP contribution < -0.4 is 5.73 Å². The van der Waals surface area contributed by atoms with Crippen molar-refractivity contribution in [3.8, 4) is 0 Å². The number of rotatable bonds is 4. The molecule has 0 radical (unpaired) electrons. The smallest absolute Gasteiger partial charge is 0.0595 e. The maximum atomic E-state index is 9.90. The molecule has 34 heavy (non-hydrogen) atoms. The number of aliphatic hydroxyl groups is 2. The van der Waals surface area contributed by atoms with Crippen molar-refractivity contribution in [2.45, 2.75) is 87.7 Å². The van der Waals surface area contributed by atoms with Gasteiger partial charge in [-0.2, -0.15) is 0 Å². The van der Waals surface area contributed by atoms with Crippen LogP contribution in [-0.4, -0.2) is 29.0 Å². The van der Waals surface area contributed by atoms with Gasteiger partial charge in [-0.05, 0) is 98.6 Å². The zero-order chi connectivity index (χ0) is 24.9. The van der Waals surface area contributed by atoms with Crippen LogP contribution in [-0.2, 0) is 10.8 Å². The topological polar surface area (TPSA) is 66.5 Å². The number of benzene rings is 2. The summed E-state index contributed by atoms with van der Waals surface area (Å²) in [5, 5.41) is 22.1. The molecule has 0 amide bonds. The molecule has 0 bridgehead atoms. The molecule has 2 aromatic carbocycles. The van der Waals surface area contributed by atoms with E-state index < -0.39 is 0 Å². The van der Waals surface area contributed by atoms with E-state index in [9.17, 15) is 10.2 Å². The first-order chi connectivity index (χ1) is 16.1. The molecule has 0 aliphatic heterocycles. The van der Waals surface area contributed by atoms with Crippen molar-refractivity contribution >= 4 is 46.4 Å². The third-order valence-electron chi connectivity index (χ3n) is 7.77. The first-order valence-corrected chi connectivity index (χ1v) is 13.6. The SMILES string of the molecule is CC[C@@]1(c2ccc(Cl)c(Cl)c2)CCC[C@@H](O)C1.NC[C@]1(c2ccc(Cl)c(Cl)c2)CCC[C@H](O)C1. The van der Waals surface area contributed by atoms with Gasteiger partial charge in [0.15, 0.2) is 0 Å². The molecular formula is C27H35Cl4NO2. The van der Waals surface area contributed by atoms with Crippen LogP contribution in [0.1, 0.15) is 75.8 Å². The Balaban J connectivity index is 0.000000191. The summed E-state index contributed by atoms with van der Waals surface area (Å²) in [6.07, 6.45) is 8.11. The molecule has 2 aromatic rings. The highest BCUT2D eigenvalue weighted by atomic mass is 35.5. The van der Waals surface area contributed by atoms with E-state index in [1.165, 1.54) is 5.56 Å². The Kier molecular flexibility index (Phi) is 10.0. The monoisotopic (exact) mass is 545 g/mol. The lowest BCUT2D eigenvalue weighted by Gasteiger charge is -2.39. The first-order valence-electron chi connectivity index (χ1n) is 12.1. The largest absolute Gasteiger partial charge is 0.393 e. The second-order valence-corrected chi connectivity index (χ2v) is 11.5. The Bertz CT molecular complexity index is 894. The molecule has 7 heteroatoms. The van der Waals surface area contributed by atoms with Gasteiger partial charge in [0, 0.05) is 12.0 Å². The van der Waals surface area contributed by atoms with E-state index >= 15 is 0 Å². The number of halogens is 4. The fourth-order valence-electron chi connectivity index (χ4n) is 5.67. The van der Waals surface area contributed by atoms with Gasteiger partial charge < -0.3 is 15.9 Å². The third-order valence-corrected chi connectivity index (χ3v) is 9.25. The Morgan fingerprint density at radius 2 is 1.21 bits per heavy atom. The maximum Gasteiger partial charge on any atom is 0.0595 e. The van der Waals surface area contributed by atoms with Gasteiger partial charge in [-0.1, -0.05) is 65.5 Å². The van der Waals surface area contributed by atoms with Gasteiger partial charge in [0.05, 0.1) is 32.3 Å². The molecule has 0 unspecified atom stereocenters. The minimum Gasteiger partial charge on any atom is -0.393 e. The molecule has 4 atom stereocenters. The molecule has 3 nitrogen and oxygen atoms in total. The zero-order valence-electron chi connectivity index (χ0n) is 19.7.